The van der Waals surface area contributed by atoms with Crippen molar-refractivity contribution >= 4 is 18.6 Å². The van der Waals surface area contributed by atoms with Gasteiger partial charge >= 0.3 is 0 Å². The summed E-state index contributed by atoms with van der Waals surface area (Å²) in [5.74, 6) is -0.632. The fourth-order valence-corrected chi connectivity index (χ4v) is 4.26. The Morgan fingerprint density at radius 3 is 2.44 bits per heavy atom. The molecule has 0 saturated carbocycles. The third kappa shape index (κ3) is 3.34. The molecule has 16 heavy (non-hydrogen) atoms. The van der Waals surface area contributed by atoms with Crippen molar-refractivity contribution in [1.29, 1.82) is 0 Å². The summed E-state index contributed by atoms with van der Waals surface area (Å²) in [7, 11) is -2.26. The molecule has 3 nitrogen and oxygen atoms in total. The second-order valence-corrected chi connectivity index (χ2v) is 8.11. The lowest BCUT2D eigenvalue weighted by atomic mass is 10.0. The number of alkyl halides is 2. The SMILES string of the molecule is CPC1(F)CCN(C)S(=O)(=O)CC(C)(F)C1. The van der Waals surface area contributed by atoms with E-state index >= 15 is 0 Å². The van der Waals surface area contributed by atoms with Crippen molar-refractivity contribution in [2.75, 3.05) is 26.0 Å². The highest BCUT2D eigenvalue weighted by Crippen LogP contribution is 2.44. The summed E-state index contributed by atoms with van der Waals surface area (Å²) in [6.07, 6.45) is -0.265. The molecule has 0 aromatic carbocycles. The van der Waals surface area contributed by atoms with Crippen molar-refractivity contribution in [2.45, 2.75) is 30.8 Å². The van der Waals surface area contributed by atoms with Crippen LogP contribution in [0, 0.1) is 0 Å². The molecule has 1 saturated heterocycles. The van der Waals surface area contributed by atoms with Gasteiger partial charge in [-0.1, -0.05) is 8.58 Å². The summed E-state index contributed by atoms with van der Waals surface area (Å²) in [5.41, 5.74) is -1.99. The molecule has 1 aliphatic heterocycles. The molecule has 0 amide bonds. The van der Waals surface area contributed by atoms with E-state index in [1.54, 1.807) is 6.66 Å². The van der Waals surface area contributed by atoms with Crippen molar-refractivity contribution in [3.8, 4) is 0 Å². The first kappa shape index (κ1) is 14.3. The molecule has 3 atom stereocenters. The zero-order valence-electron chi connectivity index (χ0n) is 9.76. The number of nitrogens with zero attached hydrogens (tertiary/aromatic N) is 1. The fraction of sp³-hybridized carbons (Fsp3) is 1.00. The number of rotatable bonds is 1. The molecule has 7 heteroatoms. The standard InChI is InChI=1S/C9H18F2NO2PS/c1-8(10)6-9(11,15-3)4-5-12(2)16(13,14)7-8/h15H,4-7H2,1-3H3. The Labute approximate surface area is 97.4 Å². The lowest BCUT2D eigenvalue weighted by molar-refractivity contribution is 0.110. The minimum Gasteiger partial charge on any atom is -0.243 e. The fourth-order valence-electron chi connectivity index (χ4n) is 1.90. The van der Waals surface area contributed by atoms with Crippen molar-refractivity contribution in [3.63, 3.8) is 0 Å². The van der Waals surface area contributed by atoms with Gasteiger partial charge in [-0.05, 0) is 20.0 Å². The molecule has 1 rings (SSSR count). The molecule has 0 aliphatic carbocycles. The highest BCUT2D eigenvalue weighted by atomic mass is 32.2. The Kier molecular flexibility index (Phi) is 3.98. The molecule has 0 aromatic rings. The first-order valence-corrected chi connectivity index (χ1v) is 8.22. The highest BCUT2D eigenvalue weighted by molar-refractivity contribution is 7.89. The largest absolute Gasteiger partial charge is 0.243 e. The third-order valence-corrected chi connectivity index (χ3v) is 6.30. The molecule has 3 unspecified atom stereocenters. The van der Waals surface area contributed by atoms with Crippen LogP contribution >= 0.6 is 8.58 Å². The third-order valence-electron chi connectivity index (χ3n) is 2.88. The number of hydrogen-bond acceptors (Lipinski definition) is 2. The van der Waals surface area contributed by atoms with Crippen LogP contribution in [0.5, 0.6) is 0 Å². The molecule has 1 aliphatic rings. The quantitative estimate of drug-likeness (QED) is 0.682. The van der Waals surface area contributed by atoms with Crippen LogP contribution in [-0.2, 0) is 10.0 Å². The van der Waals surface area contributed by atoms with E-state index < -0.39 is 26.9 Å². The summed E-state index contributed by atoms with van der Waals surface area (Å²) >= 11 is 0. The molecule has 0 aromatic heterocycles. The van der Waals surface area contributed by atoms with Crippen LogP contribution in [-0.4, -0.2) is 49.8 Å². The maximum absolute atomic E-state index is 14.2. The van der Waals surface area contributed by atoms with Gasteiger partial charge in [-0.15, -0.1) is 0 Å². The Hall–Kier alpha value is 0.200. The van der Waals surface area contributed by atoms with Crippen molar-refractivity contribution < 1.29 is 17.2 Å². The van der Waals surface area contributed by atoms with Crippen LogP contribution in [0.3, 0.4) is 0 Å². The van der Waals surface area contributed by atoms with Gasteiger partial charge in [0.2, 0.25) is 10.0 Å². The van der Waals surface area contributed by atoms with E-state index in [1.807, 2.05) is 0 Å². The van der Waals surface area contributed by atoms with E-state index in [0.29, 0.717) is 0 Å². The van der Waals surface area contributed by atoms with E-state index in [0.717, 1.165) is 11.2 Å². The summed E-state index contributed by atoms with van der Waals surface area (Å²) in [6, 6.07) is 0. The Balaban J connectivity index is 2.99. The molecule has 1 heterocycles. The predicted molar refractivity (Wildman–Crippen MR) is 63.2 cm³/mol. The molecule has 0 spiro atoms. The lowest BCUT2D eigenvalue weighted by Gasteiger charge is -2.35. The zero-order chi connectivity index (χ0) is 12.6. The number of halogens is 2. The van der Waals surface area contributed by atoms with Crippen molar-refractivity contribution in [2.24, 2.45) is 0 Å². The first-order valence-electron chi connectivity index (χ1n) is 5.11. The molecule has 96 valence electrons. The van der Waals surface area contributed by atoms with Crippen LogP contribution < -0.4 is 0 Å². The minimum atomic E-state index is -3.59. The summed E-state index contributed by atoms with van der Waals surface area (Å²) < 4.78 is 52.6. The van der Waals surface area contributed by atoms with Crippen molar-refractivity contribution in [3.05, 3.63) is 0 Å². The Morgan fingerprint density at radius 2 is 1.94 bits per heavy atom. The molecule has 0 radical (unpaired) electrons. The van der Waals surface area contributed by atoms with Crippen LogP contribution in [0.15, 0.2) is 0 Å². The van der Waals surface area contributed by atoms with Gasteiger partial charge in [-0.3, -0.25) is 0 Å². The average molecular weight is 273 g/mol. The van der Waals surface area contributed by atoms with Crippen LogP contribution in [0.25, 0.3) is 0 Å². The van der Waals surface area contributed by atoms with Crippen molar-refractivity contribution in [1.82, 2.24) is 4.31 Å². The molecular weight excluding hydrogens is 255 g/mol. The topological polar surface area (TPSA) is 37.4 Å². The second-order valence-electron chi connectivity index (χ2n) is 4.63. The molecule has 1 fully saturated rings. The molecule has 0 N–H and O–H groups in total. The van der Waals surface area contributed by atoms with E-state index in [9.17, 15) is 17.2 Å². The molecular formula is C9H18F2NO2PS. The average Bonchev–Trinajstić information content (AvgIpc) is 2.10. The minimum absolute atomic E-state index is 0.0374. The number of sulfonamides is 1. The predicted octanol–water partition coefficient (Wildman–Crippen LogP) is 1.74. The van der Waals surface area contributed by atoms with Gasteiger partial charge in [-0.2, -0.15) is 0 Å². The Bertz CT molecular complexity index is 361. The van der Waals surface area contributed by atoms with Crippen LogP contribution in [0.1, 0.15) is 19.8 Å². The van der Waals surface area contributed by atoms with Gasteiger partial charge in [0.1, 0.15) is 11.1 Å². The smallest absolute Gasteiger partial charge is 0.216 e. The highest BCUT2D eigenvalue weighted by Gasteiger charge is 2.44. The first-order chi connectivity index (χ1) is 7.10. The van der Waals surface area contributed by atoms with Gasteiger partial charge in [0.25, 0.3) is 0 Å². The van der Waals surface area contributed by atoms with E-state index in [1.165, 1.54) is 7.05 Å². The monoisotopic (exact) mass is 273 g/mol. The summed E-state index contributed by atoms with van der Waals surface area (Å²) in [6.45, 7) is 2.97. The van der Waals surface area contributed by atoms with Gasteiger partial charge in [0, 0.05) is 20.0 Å². The summed E-state index contributed by atoms with van der Waals surface area (Å²) in [4.78, 5) is 0. The summed E-state index contributed by atoms with van der Waals surface area (Å²) in [5, 5.41) is -1.58. The van der Waals surface area contributed by atoms with Gasteiger partial charge < -0.3 is 0 Å². The maximum Gasteiger partial charge on any atom is 0.216 e. The second kappa shape index (κ2) is 4.46. The van der Waals surface area contributed by atoms with E-state index in [2.05, 4.69) is 0 Å². The van der Waals surface area contributed by atoms with E-state index in [-0.39, 0.29) is 28.0 Å². The Morgan fingerprint density at radius 1 is 1.38 bits per heavy atom. The van der Waals surface area contributed by atoms with Crippen LogP contribution in [0.2, 0.25) is 0 Å². The normalized spacial score (nSPS) is 42.1. The number of hydrogen-bond donors (Lipinski definition) is 0. The van der Waals surface area contributed by atoms with Gasteiger partial charge in [-0.25, -0.2) is 21.5 Å². The van der Waals surface area contributed by atoms with E-state index in [4.69, 9.17) is 0 Å². The maximum atomic E-state index is 14.2. The van der Waals surface area contributed by atoms with Gasteiger partial charge in [0.05, 0.1) is 5.75 Å². The van der Waals surface area contributed by atoms with Gasteiger partial charge in [0.15, 0.2) is 0 Å². The lowest BCUT2D eigenvalue weighted by Crippen LogP contribution is -2.46. The van der Waals surface area contributed by atoms with Crippen LogP contribution in [0.4, 0.5) is 8.78 Å². The zero-order valence-corrected chi connectivity index (χ0v) is 11.6. The molecule has 0 bridgehead atoms.